The Hall–Kier alpha value is -1.08. The molecule has 0 spiro atoms. The molecule has 154 valence electrons. The van der Waals surface area contributed by atoms with Gasteiger partial charge < -0.3 is 15.8 Å². The molecule has 2 aliphatic heterocycles. The van der Waals surface area contributed by atoms with Crippen LogP contribution in [0.1, 0.15) is 33.1 Å². The minimum absolute atomic E-state index is 0.411. The average Bonchev–Trinajstić information content (AvgIpc) is 3.24. The van der Waals surface area contributed by atoms with Crippen molar-refractivity contribution in [2.45, 2.75) is 51.2 Å². The first-order valence-corrected chi connectivity index (χ1v) is 10.2. The van der Waals surface area contributed by atoms with Gasteiger partial charge in [0.25, 0.3) is 0 Å². The fourth-order valence-electron chi connectivity index (χ4n) is 4.38. The Morgan fingerprint density at radius 3 is 1.96 bits per heavy atom. The van der Waals surface area contributed by atoms with Crippen LogP contribution in [0.3, 0.4) is 0 Å². The summed E-state index contributed by atoms with van der Waals surface area (Å²) in [4.78, 5) is 2.66. The van der Waals surface area contributed by atoms with E-state index < -0.39 is 11.6 Å². The second-order valence-corrected chi connectivity index (χ2v) is 7.55. The Bertz CT molecular complexity index is 508. The van der Waals surface area contributed by atoms with Gasteiger partial charge in [-0.15, -0.1) is 0 Å². The number of nitrogens with one attached hydrogen (secondary N) is 1. The number of nitrogens with zero attached hydrogens (tertiary/aromatic N) is 1. The van der Waals surface area contributed by atoms with Gasteiger partial charge in [-0.25, -0.2) is 8.78 Å². The highest BCUT2D eigenvalue weighted by atomic mass is 19.1. The zero-order valence-corrected chi connectivity index (χ0v) is 16.8. The van der Waals surface area contributed by atoms with Crippen molar-refractivity contribution in [2.75, 3.05) is 33.4 Å². The number of fused-ring (bicyclic) bond motifs is 1. The number of halogens is 2. The van der Waals surface area contributed by atoms with E-state index in [4.69, 9.17) is 10.5 Å². The molecule has 3 N–H and O–H groups in total. The lowest BCUT2D eigenvalue weighted by atomic mass is 10.0. The first-order chi connectivity index (χ1) is 13.0. The average molecular weight is 384 g/mol. The van der Waals surface area contributed by atoms with Crippen LogP contribution in [0.5, 0.6) is 0 Å². The first kappa shape index (κ1) is 22.2. The van der Waals surface area contributed by atoms with E-state index in [0.29, 0.717) is 18.1 Å². The maximum absolute atomic E-state index is 11.9. The minimum atomic E-state index is -0.411. The normalized spacial score (nSPS) is 32.7. The van der Waals surface area contributed by atoms with E-state index in [0.717, 1.165) is 49.3 Å². The van der Waals surface area contributed by atoms with Crippen LogP contribution >= 0.6 is 0 Å². The Labute approximate surface area is 162 Å². The molecule has 0 amide bonds. The summed E-state index contributed by atoms with van der Waals surface area (Å²) < 4.78 is 29.6. The monoisotopic (exact) mass is 383 g/mol. The summed E-state index contributed by atoms with van der Waals surface area (Å²) in [6.07, 6.45) is 3.72. The molecular weight excluding hydrogens is 348 g/mol. The van der Waals surface area contributed by atoms with Crippen molar-refractivity contribution in [3.63, 3.8) is 0 Å². The summed E-state index contributed by atoms with van der Waals surface area (Å²) in [5.74, 6) is 0.901. The number of nitrogens with two attached hydrogens (primary N) is 1. The lowest BCUT2D eigenvalue weighted by molar-refractivity contribution is 0.00595. The number of likely N-dealkylation sites (N-methyl/N-ethyl adjacent to an activating group) is 1. The third-order valence-corrected chi connectivity index (χ3v) is 5.73. The standard InChI is InChI=1S/C13H25N3O.C6H4F2.C2H6/c1-15-12-4-13(8-17-7-12)16-5-9-2-11(14)3-10(9)6-16;7-5-1-2-6(8)4-3-5;1-2/h9-13,15H,2-8,14H2,1H3;1-4H;1-2H3. The fourth-order valence-corrected chi connectivity index (χ4v) is 4.38. The molecule has 1 saturated carbocycles. The predicted octanol–water partition coefficient (Wildman–Crippen LogP) is 3.02. The summed E-state index contributed by atoms with van der Waals surface area (Å²) in [7, 11) is 2.04. The van der Waals surface area contributed by atoms with Crippen molar-refractivity contribution in [2.24, 2.45) is 17.6 Å². The number of rotatable bonds is 2. The van der Waals surface area contributed by atoms with Crippen LogP contribution in [0, 0.1) is 23.5 Å². The van der Waals surface area contributed by atoms with Gasteiger partial charge in [-0.05, 0) is 62.4 Å². The van der Waals surface area contributed by atoms with Gasteiger partial charge in [-0.3, -0.25) is 4.90 Å². The van der Waals surface area contributed by atoms with Crippen LogP contribution in [-0.2, 0) is 4.74 Å². The molecule has 1 aromatic carbocycles. The van der Waals surface area contributed by atoms with Gasteiger partial charge in [0.2, 0.25) is 0 Å². The van der Waals surface area contributed by atoms with Crippen molar-refractivity contribution in [3.8, 4) is 0 Å². The maximum atomic E-state index is 11.9. The molecule has 4 rings (SSSR count). The molecule has 3 fully saturated rings. The number of ether oxygens (including phenoxy) is 1. The molecule has 4 nitrogen and oxygen atoms in total. The minimum Gasteiger partial charge on any atom is -0.378 e. The molecule has 1 aromatic rings. The molecule has 0 aromatic heterocycles. The molecular formula is C21H35F2N3O. The summed E-state index contributed by atoms with van der Waals surface area (Å²) in [6, 6.07) is 5.95. The van der Waals surface area contributed by atoms with Crippen molar-refractivity contribution < 1.29 is 13.5 Å². The van der Waals surface area contributed by atoms with E-state index in [9.17, 15) is 8.78 Å². The quantitative estimate of drug-likeness (QED) is 0.824. The second kappa shape index (κ2) is 11.1. The largest absolute Gasteiger partial charge is 0.378 e. The molecule has 0 bridgehead atoms. The number of hydrogen-bond donors (Lipinski definition) is 2. The predicted molar refractivity (Wildman–Crippen MR) is 106 cm³/mol. The van der Waals surface area contributed by atoms with E-state index in [1.807, 2.05) is 20.9 Å². The zero-order chi connectivity index (χ0) is 19.8. The van der Waals surface area contributed by atoms with Crippen LogP contribution in [-0.4, -0.2) is 56.4 Å². The highest BCUT2D eigenvalue weighted by Crippen LogP contribution is 2.38. The van der Waals surface area contributed by atoms with Crippen LogP contribution in [0.25, 0.3) is 0 Å². The second-order valence-electron chi connectivity index (χ2n) is 7.55. The Morgan fingerprint density at radius 1 is 0.963 bits per heavy atom. The van der Waals surface area contributed by atoms with Gasteiger partial charge >= 0.3 is 0 Å². The Balaban J connectivity index is 0.000000220. The summed E-state index contributed by atoms with van der Waals surface area (Å²) in [5.41, 5.74) is 6.04. The summed E-state index contributed by atoms with van der Waals surface area (Å²) in [6.45, 7) is 8.30. The number of hydrogen-bond acceptors (Lipinski definition) is 4. The van der Waals surface area contributed by atoms with E-state index in [-0.39, 0.29) is 0 Å². The highest BCUT2D eigenvalue weighted by molar-refractivity contribution is 5.04. The van der Waals surface area contributed by atoms with Gasteiger partial charge in [-0.1, -0.05) is 13.8 Å². The van der Waals surface area contributed by atoms with E-state index >= 15 is 0 Å². The van der Waals surface area contributed by atoms with Gasteiger partial charge in [0.15, 0.2) is 0 Å². The first-order valence-electron chi connectivity index (χ1n) is 10.2. The molecule has 2 heterocycles. The lowest BCUT2D eigenvalue weighted by Gasteiger charge is -2.35. The third-order valence-electron chi connectivity index (χ3n) is 5.73. The summed E-state index contributed by atoms with van der Waals surface area (Å²) in [5, 5.41) is 3.34. The molecule has 4 atom stereocenters. The van der Waals surface area contributed by atoms with Crippen LogP contribution in [0.2, 0.25) is 0 Å². The SMILES string of the molecule is CC.CNC1COCC(N2CC3CC(N)CC3C2)C1.Fc1ccc(F)cc1. The zero-order valence-electron chi connectivity index (χ0n) is 16.8. The molecule has 3 aliphatic rings. The fraction of sp³-hybridized carbons (Fsp3) is 0.714. The van der Waals surface area contributed by atoms with Crippen molar-refractivity contribution in [1.29, 1.82) is 0 Å². The van der Waals surface area contributed by atoms with Gasteiger partial charge in [0.1, 0.15) is 11.6 Å². The smallest absolute Gasteiger partial charge is 0.123 e. The van der Waals surface area contributed by atoms with Gasteiger partial charge in [-0.2, -0.15) is 0 Å². The molecule has 0 radical (unpaired) electrons. The van der Waals surface area contributed by atoms with E-state index in [1.54, 1.807) is 0 Å². The Kier molecular flexibility index (Phi) is 9.09. The topological polar surface area (TPSA) is 50.5 Å². The van der Waals surface area contributed by atoms with Crippen molar-refractivity contribution in [3.05, 3.63) is 35.9 Å². The molecule has 4 unspecified atom stereocenters. The van der Waals surface area contributed by atoms with Gasteiger partial charge in [0.05, 0.1) is 13.2 Å². The highest BCUT2D eigenvalue weighted by Gasteiger charge is 2.42. The molecule has 27 heavy (non-hydrogen) atoms. The maximum Gasteiger partial charge on any atom is 0.123 e. The molecule has 2 saturated heterocycles. The lowest BCUT2D eigenvalue weighted by Crippen LogP contribution is -2.48. The summed E-state index contributed by atoms with van der Waals surface area (Å²) >= 11 is 0. The van der Waals surface area contributed by atoms with Gasteiger partial charge in [0, 0.05) is 31.2 Å². The molecule has 6 heteroatoms. The van der Waals surface area contributed by atoms with Crippen LogP contribution in [0.15, 0.2) is 24.3 Å². The third kappa shape index (κ3) is 6.49. The van der Waals surface area contributed by atoms with Crippen molar-refractivity contribution >= 4 is 0 Å². The van der Waals surface area contributed by atoms with E-state index in [1.165, 1.54) is 32.4 Å². The molecule has 1 aliphatic carbocycles. The Morgan fingerprint density at radius 2 is 1.48 bits per heavy atom. The number of benzene rings is 1. The van der Waals surface area contributed by atoms with Crippen molar-refractivity contribution in [1.82, 2.24) is 10.2 Å². The van der Waals surface area contributed by atoms with E-state index in [2.05, 4.69) is 10.2 Å². The van der Waals surface area contributed by atoms with Crippen LogP contribution < -0.4 is 11.1 Å². The van der Waals surface area contributed by atoms with Crippen LogP contribution in [0.4, 0.5) is 8.78 Å². The number of likely N-dealkylation sites (tertiary alicyclic amines) is 1.